The van der Waals surface area contributed by atoms with E-state index >= 15 is 0 Å². The molecule has 1 aliphatic rings. The van der Waals surface area contributed by atoms with Crippen LogP contribution in [-0.4, -0.2) is 17.6 Å². The standard InChI is InChI=1S/C18H23N3O2S/c1-4-23-17-7-5-6-13-14(17)8-9-15(13)21-18(22)19-11(2)16-10-24-12(3)20-16/h5-7,10-11,15H,4,8-9H2,1-3H3,(H2,19,21,22)/t11-,15+/m1/s1. The minimum atomic E-state index is -0.159. The van der Waals surface area contributed by atoms with E-state index in [1.165, 1.54) is 5.56 Å². The van der Waals surface area contributed by atoms with Crippen molar-refractivity contribution in [3.63, 3.8) is 0 Å². The predicted octanol–water partition coefficient (Wildman–Crippen LogP) is 3.90. The van der Waals surface area contributed by atoms with Crippen molar-refractivity contribution in [3.8, 4) is 5.75 Å². The number of benzene rings is 1. The minimum absolute atomic E-state index is 0.0322. The number of fused-ring (bicyclic) bond motifs is 1. The van der Waals surface area contributed by atoms with Crippen LogP contribution in [0.2, 0.25) is 0 Å². The summed E-state index contributed by atoms with van der Waals surface area (Å²) in [5.74, 6) is 0.936. The molecule has 24 heavy (non-hydrogen) atoms. The maximum atomic E-state index is 12.3. The van der Waals surface area contributed by atoms with Crippen LogP contribution in [0.15, 0.2) is 23.6 Å². The monoisotopic (exact) mass is 345 g/mol. The molecule has 2 atom stereocenters. The highest BCUT2D eigenvalue weighted by atomic mass is 32.1. The zero-order valence-electron chi connectivity index (χ0n) is 14.3. The molecule has 6 heteroatoms. The van der Waals surface area contributed by atoms with Gasteiger partial charge in [0.2, 0.25) is 0 Å². The largest absolute Gasteiger partial charge is 0.494 e. The Balaban J connectivity index is 1.64. The fraction of sp³-hybridized carbons (Fsp3) is 0.444. The SMILES string of the molecule is CCOc1cccc2c1CC[C@@H]2NC(=O)N[C@H](C)c1csc(C)n1. The van der Waals surface area contributed by atoms with Crippen molar-refractivity contribution in [1.82, 2.24) is 15.6 Å². The normalized spacial score (nSPS) is 17.2. The molecular formula is C18H23N3O2S. The van der Waals surface area contributed by atoms with Crippen molar-refractivity contribution in [2.75, 3.05) is 6.61 Å². The molecule has 1 aliphatic carbocycles. The van der Waals surface area contributed by atoms with Gasteiger partial charge in [0.15, 0.2) is 0 Å². The summed E-state index contributed by atoms with van der Waals surface area (Å²) in [7, 11) is 0. The van der Waals surface area contributed by atoms with E-state index in [1.807, 2.05) is 38.3 Å². The van der Waals surface area contributed by atoms with Crippen molar-refractivity contribution in [2.45, 2.75) is 45.7 Å². The molecule has 0 bridgehead atoms. The van der Waals surface area contributed by atoms with E-state index in [2.05, 4.69) is 21.7 Å². The first-order chi connectivity index (χ1) is 11.6. The van der Waals surface area contributed by atoms with Crippen molar-refractivity contribution < 1.29 is 9.53 Å². The van der Waals surface area contributed by atoms with E-state index in [4.69, 9.17) is 4.74 Å². The molecule has 2 N–H and O–H groups in total. The van der Waals surface area contributed by atoms with E-state index in [0.29, 0.717) is 6.61 Å². The minimum Gasteiger partial charge on any atom is -0.494 e. The molecule has 0 radical (unpaired) electrons. The number of urea groups is 1. The van der Waals surface area contributed by atoms with E-state index in [-0.39, 0.29) is 18.1 Å². The summed E-state index contributed by atoms with van der Waals surface area (Å²) in [6.07, 6.45) is 1.83. The molecular weight excluding hydrogens is 322 g/mol. The van der Waals surface area contributed by atoms with Gasteiger partial charge in [-0.3, -0.25) is 0 Å². The van der Waals surface area contributed by atoms with Crippen LogP contribution in [0.5, 0.6) is 5.75 Å². The smallest absolute Gasteiger partial charge is 0.315 e. The highest BCUT2D eigenvalue weighted by Crippen LogP contribution is 2.36. The fourth-order valence-electron chi connectivity index (χ4n) is 3.11. The van der Waals surface area contributed by atoms with Crippen molar-refractivity contribution in [1.29, 1.82) is 0 Å². The number of carbonyl (C=O) groups excluding carboxylic acids is 1. The van der Waals surface area contributed by atoms with E-state index in [9.17, 15) is 4.79 Å². The number of rotatable bonds is 5. The molecule has 1 aromatic carbocycles. The first-order valence-corrected chi connectivity index (χ1v) is 9.20. The summed E-state index contributed by atoms with van der Waals surface area (Å²) in [5.41, 5.74) is 3.28. The van der Waals surface area contributed by atoms with Gasteiger partial charge in [-0.1, -0.05) is 12.1 Å². The summed E-state index contributed by atoms with van der Waals surface area (Å²) >= 11 is 1.59. The Hall–Kier alpha value is -2.08. The molecule has 0 unspecified atom stereocenters. The molecule has 1 heterocycles. The summed E-state index contributed by atoms with van der Waals surface area (Å²) in [6.45, 7) is 6.55. The highest BCUT2D eigenvalue weighted by molar-refractivity contribution is 7.09. The Kier molecular flexibility index (Phi) is 5.04. The lowest BCUT2D eigenvalue weighted by molar-refractivity contribution is 0.234. The molecule has 0 aliphatic heterocycles. The van der Waals surface area contributed by atoms with Crippen LogP contribution in [0, 0.1) is 6.92 Å². The third kappa shape index (κ3) is 3.53. The Morgan fingerprint density at radius 3 is 3.04 bits per heavy atom. The molecule has 0 spiro atoms. The summed E-state index contributed by atoms with van der Waals surface area (Å²) < 4.78 is 5.69. The van der Waals surface area contributed by atoms with E-state index < -0.39 is 0 Å². The molecule has 2 amide bonds. The molecule has 3 rings (SSSR count). The van der Waals surface area contributed by atoms with Gasteiger partial charge < -0.3 is 15.4 Å². The Bertz CT molecular complexity index is 729. The van der Waals surface area contributed by atoms with E-state index in [0.717, 1.165) is 34.9 Å². The number of hydrogen-bond donors (Lipinski definition) is 2. The first-order valence-electron chi connectivity index (χ1n) is 8.32. The number of hydrogen-bond acceptors (Lipinski definition) is 4. The Labute approximate surface area is 146 Å². The molecule has 0 fully saturated rings. The van der Waals surface area contributed by atoms with Crippen LogP contribution in [0.1, 0.15) is 54.2 Å². The molecule has 128 valence electrons. The Morgan fingerprint density at radius 1 is 1.50 bits per heavy atom. The summed E-state index contributed by atoms with van der Waals surface area (Å²) in [6, 6.07) is 5.83. The number of aromatic nitrogens is 1. The quantitative estimate of drug-likeness (QED) is 0.864. The lowest BCUT2D eigenvalue weighted by atomic mass is 10.1. The number of amides is 2. The average molecular weight is 345 g/mol. The van der Waals surface area contributed by atoms with Crippen LogP contribution < -0.4 is 15.4 Å². The number of aryl methyl sites for hydroxylation is 1. The number of nitrogens with one attached hydrogen (secondary N) is 2. The third-order valence-electron chi connectivity index (χ3n) is 4.26. The lowest BCUT2D eigenvalue weighted by Gasteiger charge is -2.18. The zero-order chi connectivity index (χ0) is 17.1. The van der Waals surface area contributed by atoms with Gasteiger partial charge in [0.1, 0.15) is 5.75 Å². The first kappa shape index (κ1) is 16.8. The maximum Gasteiger partial charge on any atom is 0.315 e. The number of nitrogens with zero attached hydrogens (tertiary/aromatic N) is 1. The Morgan fingerprint density at radius 2 is 2.33 bits per heavy atom. The third-order valence-corrected chi connectivity index (χ3v) is 5.05. The second kappa shape index (κ2) is 7.21. The molecule has 1 aromatic heterocycles. The van der Waals surface area contributed by atoms with Crippen LogP contribution in [0.25, 0.3) is 0 Å². The zero-order valence-corrected chi connectivity index (χ0v) is 15.1. The summed E-state index contributed by atoms with van der Waals surface area (Å²) in [4.78, 5) is 16.8. The molecule has 0 saturated heterocycles. The maximum absolute atomic E-state index is 12.3. The van der Waals surface area contributed by atoms with Crippen molar-refractivity contribution >= 4 is 17.4 Å². The number of ether oxygens (including phenoxy) is 1. The van der Waals surface area contributed by atoms with Gasteiger partial charge in [0.05, 0.1) is 29.4 Å². The van der Waals surface area contributed by atoms with Gasteiger partial charge >= 0.3 is 6.03 Å². The molecule has 5 nitrogen and oxygen atoms in total. The number of carbonyl (C=O) groups is 1. The van der Waals surface area contributed by atoms with Gasteiger partial charge in [-0.15, -0.1) is 11.3 Å². The van der Waals surface area contributed by atoms with Gasteiger partial charge in [0.25, 0.3) is 0 Å². The average Bonchev–Trinajstić information content (AvgIpc) is 3.15. The van der Waals surface area contributed by atoms with Crippen LogP contribution in [0.3, 0.4) is 0 Å². The van der Waals surface area contributed by atoms with Gasteiger partial charge in [-0.25, -0.2) is 9.78 Å². The van der Waals surface area contributed by atoms with Crippen LogP contribution in [0.4, 0.5) is 4.79 Å². The summed E-state index contributed by atoms with van der Waals surface area (Å²) in [5, 5.41) is 9.04. The van der Waals surface area contributed by atoms with Crippen LogP contribution >= 0.6 is 11.3 Å². The van der Waals surface area contributed by atoms with E-state index in [1.54, 1.807) is 11.3 Å². The molecule has 0 saturated carbocycles. The van der Waals surface area contributed by atoms with Gasteiger partial charge in [0, 0.05) is 5.38 Å². The van der Waals surface area contributed by atoms with Crippen LogP contribution in [-0.2, 0) is 6.42 Å². The number of thiazole rings is 1. The second-order valence-electron chi connectivity index (χ2n) is 5.98. The predicted molar refractivity (Wildman–Crippen MR) is 95.6 cm³/mol. The highest BCUT2D eigenvalue weighted by Gasteiger charge is 2.27. The van der Waals surface area contributed by atoms with Gasteiger partial charge in [-0.05, 0) is 50.8 Å². The van der Waals surface area contributed by atoms with Gasteiger partial charge in [-0.2, -0.15) is 0 Å². The lowest BCUT2D eigenvalue weighted by Crippen LogP contribution is -2.38. The second-order valence-corrected chi connectivity index (χ2v) is 7.04. The van der Waals surface area contributed by atoms with Crippen molar-refractivity contribution in [3.05, 3.63) is 45.4 Å². The topological polar surface area (TPSA) is 63.2 Å². The van der Waals surface area contributed by atoms with Crippen molar-refractivity contribution in [2.24, 2.45) is 0 Å². The fourth-order valence-corrected chi connectivity index (χ4v) is 3.82. The molecule has 2 aromatic rings.